The van der Waals surface area contributed by atoms with Gasteiger partial charge in [0.2, 0.25) is 0 Å². The highest BCUT2D eigenvalue weighted by Gasteiger charge is 2.22. The lowest BCUT2D eigenvalue weighted by molar-refractivity contribution is 0.178. The molecule has 18 heavy (non-hydrogen) atoms. The number of hydrogen-bond donors (Lipinski definition) is 0. The molecule has 1 unspecified atom stereocenters. The van der Waals surface area contributed by atoms with Crippen LogP contribution in [0.5, 0.6) is 0 Å². The molecule has 0 spiro atoms. The van der Waals surface area contributed by atoms with E-state index in [1.807, 2.05) is 6.07 Å². The fraction of sp³-hybridized carbons (Fsp3) is 0.571. The summed E-state index contributed by atoms with van der Waals surface area (Å²) in [4.78, 5) is 3.01. The molecule has 0 radical (unpaired) electrons. The summed E-state index contributed by atoms with van der Waals surface area (Å²) < 4.78 is 14.1. The molecule has 1 atom stereocenters. The van der Waals surface area contributed by atoms with Crippen LogP contribution >= 0.6 is 31.9 Å². The molecule has 1 nitrogen and oxygen atoms in total. The summed E-state index contributed by atoms with van der Waals surface area (Å²) in [6, 6.07) is 5.13. The van der Waals surface area contributed by atoms with Crippen LogP contribution in [0.2, 0.25) is 0 Å². The summed E-state index contributed by atoms with van der Waals surface area (Å²) in [5.74, 6) is 0.615. The van der Waals surface area contributed by atoms with Crippen LogP contribution < -0.4 is 0 Å². The van der Waals surface area contributed by atoms with Crippen molar-refractivity contribution in [2.24, 2.45) is 5.92 Å². The first-order valence-corrected chi connectivity index (χ1v) is 8.07. The highest BCUT2D eigenvalue weighted by molar-refractivity contribution is 9.10. The second-order valence-electron chi connectivity index (χ2n) is 5.07. The van der Waals surface area contributed by atoms with Crippen LogP contribution in [0.3, 0.4) is 0 Å². The smallest absolute Gasteiger partial charge is 0.124 e. The number of rotatable bonds is 3. The first-order valence-electron chi connectivity index (χ1n) is 6.36. The van der Waals surface area contributed by atoms with Crippen LogP contribution in [0.15, 0.2) is 22.7 Å². The Kier molecular flexibility index (Phi) is 5.22. The Hall–Kier alpha value is 0.0700. The summed E-state index contributed by atoms with van der Waals surface area (Å²) in [5.41, 5.74) is 1.05. The molecule has 100 valence electrons. The van der Waals surface area contributed by atoms with Gasteiger partial charge in [0, 0.05) is 15.8 Å². The third-order valence-corrected chi connectivity index (χ3v) is 4.82. The van der Waals surface area contributed by atoms with E-state index in [2.05, 4.69) is 43.7 Å². The molecule has 1 aromatic carbocycles. The zero-order valence-corrected chi connectivity index (χ0v) is 13.7. The molecule has 0 saturated carbocycles. The lowest BCUT2D eigenvalue weighted by atomic mass is 9.94. The zero-order chi connectivity index (χ0) is 13.1. The molecule has 1 aromatic rings. The number of hydrogen-bond acceptors (Lipinski definition) is 1. The molecular formula is C14H18Br2FN. The minimum atomic E-state index is -0.164. The molecule has 1 aliphatic rings. The standard InChI is InChI=1S/C14H18Br2FN/c1-10(15)12-2-4-18(5-3-12)9-11-6-13(16)8-14(17)7-11/h6-8,10,12H,2-5,9H2,1H3. The Morgan fingerprint density at radius 3 is 2.56 bits per heavy atom. The van der Waals surface area contributed by atoms with Crippen molar-refractivity contribution in [2.75, 3.05) is 13.1 Å². The van der Waals surface area contributed by atoms with Crippen LogP contribution in [-0.2, 0) is 6.54 Å². The molecule has 0 bridgehead atoms. The topological polar surface area (TPSA) is 3.24 Å². The largest absolute Gasteiger partial charge is 0.299 e. The molecule has 1 fully saturated rings. The number of alkyl halides is 1. The summed E-state index contributed by atoms with van der Waals surface area (Å²) in [7, 11) is 0. The Morgan fingerprint density at radius 1 is 1.33 bits per heavy atom. The van der Waals surface area contributed by atoms with Gasteiger partial charge in [-0.15, -0.1) is 0 Å². The molecule has 2 rings (SSSR count). The van der Waals surface area contributed by atoms with Gasteiger partial charge < -0.3 is 0 Å². The van der Waals surface area contributed by atoms with E-state index in [0.717, 1.165) is 35.6 Å². The van der Waals surface area contributed by atoms with Crippen molar-refractivity contribution in [2.45, 2.75) is 31.1 Å². The van der Waals surface area contributed by atoms with Gasteiger partial charge >= 0.3 is 0 Å². The Labute approximate surface area is 125 Å². The third kappa shape index (κ3) is 4.04. The van der Waals surface area contributed by atoms with Crippen LogP contribution in [0.25, 0.3) is 0 Å². The molecule has 1 saturated heterocycles. The van der Waals surface area contributed by atoms with Gasteiger partial charge in [-0.2, -0.15) is 0 Å². The second-order valence-corrected chi connectivity index (χ2v) is 7.43. The van der Waals surface area contributed by atoms with Gasteiger partial charge in [0.1, 0.15) is 5.82 Å². The maximum Gasteiger partial charge on any atom is 0.124 e. The van der Waals surface area contributed by atoms with Gasteiger partial charge in [0.15, 0.2) is 0 Å². The van der Waals surface area contributed by atoms with Crippen molar-refractivity contribution >= 4 is 31.9 Å². The van der Waals surface area contributed by atoms with E-state index in [1.54, 1.807) is 6.07 Å². The molecule has 0 amide bonds. The van der Waals surface area contributed by atoms with Crippen LogP contribution in [0, 0.1) is 11.7 Å². The number of halogens is 3. The number of likely N-dealkylation sites (tertiary alicyclic amines) is 1. The maximum absolute atomic E-state index is 13.3. The predicted molar refractivity (Wildman–Crippen MR) is 80.5 cm³/mol. The molecule has 4 heteroatoms. The first kappa shape index (κ1) is 14.5. The van der Waals surface area contributed by atoms with E-state index < -0.39 is 0 Å². The van der Waals surface area contributed by atoms with Crippen molar-refractivity contribution in [3.63, 3.8) is 0 Å². The van der Waals surface area contributed by atoms with E-state index >= 15 is 0 Å². The lowest BCUT2D eigenvalue weighted by Gasteiger charge is -2.33. The van der Waals surface area contributed by atoms with Gasteiger partial charge in [0.05, 0.1) is 0 Å². The van der Waals surface area contributed by atoms with E-state index in [1.165, 1.54) is 18.9 Å². The quantitative estimate of drug-likeness (QED) is 0.695. The maximum atomic E-state index is 13.3. The molecule has 0 N–H and O–H groups in total. The van der Waals surface area contributed by atoms with Gasteiger partial charge in [-0.25, -0.2) is 4.39 Å². The van der Waals surface area contributed by atoms with Crippen molar-refractivity contribution in [1.82, 2.24) is 4.90 Å². The van der Waals surface area contributed by atoms with E-state index in [9.17, 15) is 4.39 Å². The Bertz CT molecular complexity index is 381. The molecule has 0 aliphatic carbocycles. The van der Waals surface area contributed by atoms with E-state index in [0.29, 0.717) is 4.83 Å². The summed E-state index contributed by atoms with van der Waals surface area (Å²) in [6.45, 7) is 5.28. The Balaban J connectivity index is 1.91. The number of piperidine rings is 1. The van der Waals surface area contributed by atoms with Gasteiger partial charge in [-0.05, 0) is 55.6 Å². The fourth-order valence-corrected chi connectivity index (χ4v) is 3.57. The van der Waals surface area contributed by atoms with Crippen molar-refractivity contribution in [3.8, 4) is 0 Å². The molecule has 1 heterocycles. The van der Waals surface area contributed by atoms with E-state index in [4.69, 9.17) is 0 Å². The van der Waals surface area contributed by atoms with Crippen LogP contribution in [0.1, 0.15) is 25.3 Å². The average Bonchev–Trinajstić information content (AvgIpc) is 2.28. The predicted octanol–water partition coefficient (Wildman–Crippen LogP) is 4.58. The average molecular weight is 379 g/mol. The third-order valence-electron chi connectivity index (χ3n) is 3.61. The van der Waals surface area contributed by atoms with Crippen molar-refractivity contribution < 1.29 is 4.39 Å². The second kappa shape index (κ2) is 6.49. The SMILES string of the molecule is CC(Br)C1CCN(Cc2cc(F)cc(Br)c2)CC1. The minimum absolute atomic E-state index is 0.164. The molecular weight excluding hydrogens is 361 g/mol. The lowest BCUT2D eigenvalue weighted by Crippen LogP contribution is -2.35. The minimum Gasteiger partial charge on any atom is -0.299 e. The first-order chi connectivity index (χ1) is 8.54. The fourth-order valence-electron chi connectivity index (χ4n) is 2.53. The van der Waals surface area contributed by atoms with Crippen molar-refractivity contribution in [1.29, 1.82) is 0 Å². The van der Waals surface area contributed by atoms with Crippen LogP contribution in [0.4, 0.5) is 4.39 Å². The number of nitrogens with zero attached hydrogens (tertiary/aromatic N) is 1. The highest BCUT2D eigenvalue weighted by atomic mass is 79.9. The summed E-state index contributed by atoms with van der Waals surface area (Å²) in [6.07, 6.45) is 2.45. The van der Waals surface area contributed by atoms with E-state index in [-0.39, 0.29) is 5.82 Å². The molecule has 1 aliphatic heterocycles. The van der Waals surface area contributed by atoms with Gasteiger partial charge in [-0.3, -0.25) is 4.90 Å². The van der Waals surface area contributed by atoms with Gasteiger partial charge in [0.25, 0.3) is 0 Å². The van der Waals surface area contributed by atoms with Gasteiger partial charge in [-0.1, -0.05) is 38.8 Å². The Morgan fingerprint density at radius 2 is 2.00 bits per heavy atom. The monoisotopic (exact) mass is 377 g/mol. The van der Waals surface area contributed by atoms with Crippen LogP contribution in [-0.4, -0.2) is 22.8 Å². The zero-order valence-electron chi connectivity index (χ0n) is 10.5. The highest BCUT2D eigenvalue weighted by Crippen LogP contribution is 2.26. The number of benzene rings is 1. The molecule has 0 aromatic heterocycles. The van der Waals surface area contributed by atoms with Crippen molar-refractivity contribution in [3.05, 3.63) is 34.1 Å². The summed E-state index contributed by atoms with van der Waals surface area (Å²) in [5, 5.41) is 0. The summed E-state index contributed by atoms with van der Waals surface area (Å²) >= 11 is 7.01. The normalized spacial score (nSPS) is 20.0.